The number of carboxylic acid groups (broad SMARTS) is 2. The van der Waals surface area contributed by atoms with Crippen molar-refractivity contribution in [3.8, 4) is 5.75 Å². The Balaban J connectivity index is 1.84. The summed E-state index contributed by atoms with van der Waals surface area (Å²) >= 11 is 0. The molecular weight excluding hydrogens is 458 g/mol. The smallest absolute Gasteiger partial charge is 0.336 e. The highest BCUT2D eigenvalue weighted by Gasteiger charge is 2.17. The highest BCUT2D eigenvalue weighted by Crippen LogP contribution is 2.25. The number of hydrogen-bond acceptors (Lipinski definition) is 5. The predicted molar refractivity (Wildman–Crippen MR) is 137 cm³/mol. The van der Waals surface area contributed by atoms with E-state index in [0.717, 1.165) is 22.3 Å². The maximum Gasteiger partial charge on any atom is 0.336 e. The summed E-state index contributed by atoms with van der Waals surface area (Å²) in [4.78, 5) is 37.2. The molecule has 7 nitrogen and oxygen atoms in total. The topological polar surface area (TPSA) is 104 Å². The molecule has 186 valence electrons. The number of allylic oxidation sites excluding steroid dienone is 1. The molecule has 0 fully saturated rings. The van der Waals surface area contributed by atoms with Crippen molar-refractivity contribution in [3.63, 3.8) is 0 Å². The van der Waals surface area contributed by atoms with Crippen molar-refractivity contribution in [2.75, 3.05) is 14.1 Å². The van der Waals surface area contributed by atoms with Gasteiger partial charge in [-0.15, -0.1) is 0 Å². The van der Waals surface area contributed by atoms with E-state index in [1.165, 1.54) is 18.2 Å². The summed E-state index contributed by atoms with van der Waals surface area (Å²) < 4.78 is 6.11. The molecule has 0 bridgehead atoms. The number of ketones is 1. The molecule has 3 aromatic carbocycles. The van der Waals surface area contributed by atoms with E-state index in [1.54, 1.807) is 35.4 Å². The van der Waals surface area contributed by atoms with Gasteiger partial charge in [0, 0.05) is 31.9 Å². The van der Waals surface area contributed by atoms with Gasteiger partial charge in [0.2, 0.25) is 0 Å². The van der Waals surface area contributed by atoms with Gasteiger partial charge in [-0.25, -0.2) is 9.59 Å². The van der Waals surface area contributed by atoms with Gasteiger partial charge >= 0.3 is 11.9 Å². The molecule has 0 atom stereocenters. The first-order valence-electron chi connectivity index (χ1n) is 11.4. The van der Waals surface area contributed by atoms with Crippen LogP contribution in [-0.2, 0) is 13.0 Å². The first-order valence-corrected chi connectivity index (χ1v) is 11.4. The summed E-state index contributed by atoms with van der Waals surface area (Å²) in [6.45, 7) is 4.09. The fraction of sp³-hybridized carbons (Fsp3) is 0.207. The third-order valence-electron chi connectivity index (χ3n) is 5.83. The molecule has 0 radical (unpaired) electrons. The van der Waals surface area contributed by atoms with Gasteiger partial charge in [-0.3, -0.25) is 4.79 Å². The summed E-state index contributed by atoms with van der Waals surface area (Å²) in [5.74, 6) is -1.80. The third-order valence-corrected chi connectivity index (χ3v) is 5.83. The molecule has 36 heavy (non-hydrogen) atoms. The quantitative estimate of drug-likeness (QED) is 0.302. The van der Waals surface area contributed by atoms with Crippen LogP contribution in [0.25, 0.3) is 0 Å². The first-order chi connectivity index (χ1) is 17.1. The minimum atomic E-state index is -1.18. The molecule has 0 heterocycles. The van der Waals surface area contributed by atoms with Crippen LogP contribution in [0.5, 0.6) is 5.75 Å². The van der Waals surface area contributed by atoms with Gasteiger partial charge in [0.15, 0.2) is 5.78 Å². The second-order valence-electron chi connectivity index (χ2n) is 8.78. The fourth-order valence-electron chi connectivity index (χ4n) is 3.83. The molecule has 3 aromatic rings. The SMILES string of the molecule is Cc1cc(C(=O)C=CN(C)C)ccc1OCc1c(C)cccc1Cc1ccc(C(=O)O)cc1C(=O)O. The van der Waals surface area contributed by atoms with Crippen molar-refractivity contribution in [2.24, 2.45) is 0 Å². The van der Waals surface area contributed by atoms with Crippen molar-refractivity contribution in [1.29, 1.82) is 0 Å². The van der Waals surface area contributed by atoms with Gasteiger partial charge in [-0.2, -0.15) is 0 Å². The largest absolute Gasteiger partial charge is 0.489 e. The Morgan fingerprint density at radius 3 is 2.22 bits per heavy atom. The third kappa shape index (κ3) is 6.39. The molecule has 0 aliphatic heterocycles. The van der Waals surface area contributed by atoms with Crippen molar-refractivity contribution in [1.82, 2.24) is 4.90 Å². The van der Waals surface area contributed by atoms with E-state index < -0.39 is 11.9 Å². The lowest BCUT2D eigenvalue weighted by Crippen LogP contribution is -2.09. The second-order valence-corrected chi connectivity index (χ2v) is 8.78. The lowest BCUT2D eigenvalue weighted by atomic mass is 9.93. The number of carbonyl (C=O) groups is 3. The van der Waals surface area contributed by atoms with Crippen LogP contribution in [0.4, 0.5) is 0 Å². The highest BCUT2D eigenvalue weighted by atomic mass is 16.5. The van der Waals surface area contributed by atoms with Crippen LogP contribution in [-0.4, -0.2) is 46.9 Å². The Hall–Kier alpha value is -4.39. The van der Waals surface area contributed by atoms with Gasteiger partial charge in [0.05, 0.1) is 11.1 Å². The first kappa shape index (κ1) is 26.2. The standard InChI is InChI=1S/C29H29NO6/c1-18-6-5-7-20(15-21-8-9-23(28(32)33)16-24(21)29(34)35)25(18)17-36-27-11-10-22(14-19(27)2)26(31)12-13-30(3)4/h5-14,16H,15,17H2,1-4H3,(H,32,33)(H,34,35). The summed E-state index contributed by atoms with van der Waals surface area (Å²) in [6, 6.07) is 15.2. The summed E-state index contributed by atoms with van der Waals surface area (Å²) in [6.07, 6.45) is 3.53. The summed E-state index contributed by atoms with van der Waals surface area (Å²) in [5.41, 5.74) is 4.60. The Kier molecular flexibility index (Phi) is 8.27. The predicted octanol–water partition coefficient (Wildman–Crippen LogP) is 5.13. The zero-order valence-corrected chi connectivity index (χ0v) is 20.7. The molecule has 3 rings (SSSR count). The van der Waals surface area contributed by atoms with Crippen LogP contribution >= 0.6 is 0 Å². The number of aromatic carboxylic acids is 2. The Morgan fingerprint density at radius 2 is 1.58 bits per heavy atom. The van der Waals surface area contributed by atoms with Crippen molar-refractivity contribution < 1.29 is 29.3 Å². The maximum absolute atomic E-state index is 12.4. The average Bonchev–Trinajstić information content (AvgIpc) is 2.82. The van der Waals surface area contributed by atoms with Gasteiger partial charge < -0.3 is 19.8 Å². The van der Waals surface area contributed by atoms with Crippen molar-refractivity contribution >= 4 is 17.7 Å². The van der Waals surface area contributed by atoms with E-state index in [9.17, 15) is 24.6 Å². The minimum absolute atomic E-state index is 0.0392. The van der Waals surface area contributed by atoms with Gasteiger partial charge in [-0.05, 0) is 78.4 Å². The average molecular weight is 488 g/mol. The molecule has 7 heteroatoms. The lowest BCUT2D eigenvalue weighted by molar-refractivity contribution is 0.0695. The number of aryl methyl sites for hydroxylation is 2. The van der Waals surface area contributed by atoms with E-state index in [-0.39, 0.29) is 23.5 Å². The number of carbonyl (C=O) groups excluding carboxylic acids is 1. The van der Waals surface area contributed by atoms with Gasteiger partial charge in [-0.1, -0.05) is 24.3 Å². The van der Waals surface area contributed by atoms with Crippen LogP contribution in [0, 0.1) is 13.8 Å². The number of ether oxygens (including phenoxy) is 1. The molecule has 0 aliphatic carbocycles. The van der Waals surface area contributed by atoms with Gasteiger partial charge in [0.1, 0.15) is 12.4 Å². The highest BCUT2D eigenvalue weighted by molar-refractivity contribution is 6.04. The zero-order valence-electron chi connectivity index (χ0n) is 20.7. The molecule has 2 N–H and O–H groups in total. The number of carboxylic acids is 2. The van der Waals surface area contributed by atoms with Crippen molar-refractivity contribution in [3.05, 3.63) is 111 Å². The van der Waals surface area contributed by atoms with E-state index in [4.69, 9.17) is 4.74 Å². The van der Waals surface area contributed by atoms with E-state index in [0.29, 0.717) is 23.3 Å². The van der Waals surface area contributed by atoms with E-state index >= 15 is 0 Å². The van der Waals surface area contributed by atoms with Crippen LogP contribution < -0.4 is 4.74 Å². The molecule has 0 unspecified atom stereocenters. The number of benzene rings is 3. The van der Waals surface area contributed by atoms with Gasteiger partial charge in [0.25, 0.3) is 0 Å². The molecule has 0 amide bonds. The van der Waals surface area contributed by atoms with Crippen LogP contribution in [0.1, 0.15) is 58.9 Å². The molecule has 0 spiro atoms. The second kappa shape index (κ2) is 11.4. The summed E-state index contributed by atoms with van der Waals surface area (Å²) in [5, 5.41) is 18.8. The fourth-order valence-corrected chi connectivity index (χ4v) is 3.83. The minimum Gasteiger partial charge on any atom is -0.489 e. The number of hydrogen-bond donors (Lipinski definition) is 2. The van der Waals surface area contributed by atoms with E-state index in [1.807, 2.05) is 46.1 Å². The normalized spacial score (nSPS) is 10.9. The molecule has 0 aliphatic rings. The van der Waals surface area contributed by atoms with Crippen LogP contribution in [0.2, 0.25) is 0 Å². The Bertz CT molecular complexity index is 1340. The number of rotatable bonds is 10. The van der Waals surface area contributed by atoms with Crippen LogP contribution in [0.3, 0.4) is 0 Å². The monoisotopic (exact) mass is 487 g/mol. The summed E-state index contributed by atoms with van der Waals surface area (Å²) in [7, 11) is 3.69. The lowest BCUT2D eigenvalue weighted by Gasteiger charge is -2.16. The van der Waals surface area contributed by atoms with Crippen molar-refractivity contribution in [2.45, 2.75) is 26.9 Å². The molecule has 0 saturated heterocycles. The number of nitrogens with zero attached hydrogens (tertiary/aromatic N) is 1. The van der Waals surface area contributed by atoms with Crippen LogP contribution in [0.15, 0.2) is 66.9 Å². The zero-order chi connectivity index (χ0) is 26.4. The Morgan fingerprint density at radius 1 is 0.861 bits per heavy atom. The maximum atomic E-state index is 12.4. The molecular formula is C29H29NO6. The Labute approximate surface area is 210 Å². The molecule has 0 aromatic heterocycles. The van der Waals surface area contributed by atoms with E-state index in [2.05, 4.69) is 0 Å². The molecule has 0 saturated carbocycles.